The lowest BCUT2D eigenvalue weighted by Gasteiger charge is -2.08. The molecule has 1 aromatic heterocycles. The van der Waals surface area contributed by atoms with E-state index in [2.05, 4.69) is 40.7 Å². The van der Waals surface area contributed by atoms with Gasteiger partial charge in [-0.1, -0.05) is 42.0 Å². The van der Waals surface area contributed by atoms with Gasteiger partial charge in [0.25, 0.3) is 0 Å². The van der Waals surface area contributed by atoms with Crippen LogP contribution in [-0.2, 0) is 17.8 Å². The Morgan fingerprint density at radius 2 is 1.85 bits per heavy atom. The number of anilines is 2. The Morgan fingerprint density at radius 3 is 2.54 bits per heavy atom. The summed E-state index contributed by atoms with van der Waals surface area (Å²) in [4.78, 5) is 16.4. The number of hydrogen-bond acceptors (Lipinski definition) is 3. The van der Waals surface area contributed by atoms with Crippen LogP contribution in [0.25, 0.3) is 0 Å². The SMILES string of the molecule is Cc1cccc(CNc2ccc(NC(=O)Cc3ccc(F)cc3)cn2)c1. The molecule has 0 unspecified atom stereocenters. The summed E-state index contributed by atoms with van der Waals surface area (Å²) in [7, 11) is 0. The van der Waals surface area contributed by atoms with E-state index in [0.717, 1.165) is 11.4 Å². The van der Waals surface area contributed by atoms with Crippen LogP contribution in [0, 0.1) is 12.7 Å². The van der Waals surface area contributed by atoms with Crippen molar-refractivity contribution >= 4 is 17.4 Å². The predicted octanol–water partition coefficient (Wildman–Crippen LogP) is 4.32. The van der Waals surface area contributed by atoms with Crippen molar-refractivity contribution in [3.63, 3.8) is 0 Å². The van der Waals surface area contributed by atoms with E-state index in [1.54, 1.807) is 24.4 Å². The average Bonchev–Trinajstić information content (AvgIpc) is 2.63. The molecule has 0 aliphatic heterocycles. The highest BCUT2D eigenvalue weighted by Crippen LogP contribution is 2.13. The maximum atomic E-state index is 12.9. The molecule has 26 heavy (non-hydrogen) atoms. The molecule has 0 aliphatic carbocycles. The quantitative estimate of drug-likeness (QED) is 0.697. The van der Waals surface area contributed by atoms with Crippen molar-refractivity contribution in [2.45, 2.75) is 19.9 Å². The minimum Gasteiger partial charge on any atom is -0.366 e. The molecule has 1 amide bonds. The van der Waals surface area contributed by atoms with Gasteiger partial charge in [-0.15, -0.1) is 0 Å². The van der Waals surface area contributed by atoms with Gasteiger partial charge in [-0.2, -0.15) is 0 Å². The van der Waals surface area contributed by atoms with Gasteiger partial charge in [0.1, 0.15) is 11.6 Å². The number of aryl methyl sites for hydroxylation is 1. The molecule has 3 aromatic rings. The minimum absolute atomic E-state index is 0.168. The van der Waals surface area contributed by atoms with E-state index < -0.39 is 0 Å². The van der Waals surface area contributed by atoms with Crippen LogP contribution in [-0.4, -0.2) is 10.9 Å². The van der Waals surface area contributed by atoms with E-state index in [1.165, 1.54) is 23.3 Å². The Bertz CT molecular complexity index is 877. The zero-order chi connectivity index (χ0) is 18.4. The fourth-order valence-corrected chi connectivity index (χ4v) is 2.58. The third-order valence-electron chi connectivity index (χ3n) is 3.88. The summed E-state index contributed by atoms with van der Waals surface area (Å²) >= 11 is 0. The van der Waals surface area contributed by atoms with E-state index in [0.29, 0.717) is 12.2 Å². The summed E-state index contributed by atoms with van der Waals surface area (Å²) < 4.78 is 12.9. The van der Waals surface area contributed by atoms with Crippen LogP contribution in [0.15, 0.2) is 66.9 Å². The summed E-state index contributed by atoms with van der Waals surface area (Å²) in [5.74, 6) is 0.258. The van der Waals surface area contributed by atoms with Crippen LogP contribution in [0.1, 0.15) is 16.7 Å². The van der Waals surface area contributed by atoms with Crippen molar-refractivity contribution in [3.05, 3.63) is 89.4 Å². The predicted molar refractivity (Wildman–Crippen MR) is 101 cm³/mol. The molecule has 0 aliphatic rings. The number of halogens is 1. The van der Waals surface area contributed by atoms with Crippen molar-refractivity contribution < 1.29 is 9.18 Å². The van der Waals surface area contributed by atoms with E-state index >= 15 is 0 Å². The lowest BCUT2D eigenvalue weighted by molar-refractivity contribution is -0.115. The van der Waals surface area contributed by atoms with Gasteiger partial charge in [-0.25, -0.2) is 9.37 Å². The monoisotopic (exact) mass is 349 g/mol. The second kappa shape index (κ2) is 8.25. The van der Waals surface area contributed by atoms with Crippen molar-refractivity contribution in [3.8, 4) is 0 Å². The van der Waals surface area contributed by atoms with Crippen molar-refractivity contribution in [2.75, 3.05) is 10.6 Å². The third kappa shape index (κ3) is 5.14. The highest BCUT2D eigenvalue weighted by molar-refractivity contribution is 5.92. The molecule has 2 N–H and O–H groups in total. The lowest BCUT2D eigenvalue weighted by Crippen LogP contribution is -2.14. The van der Waals surface area contributed by atoms with Gasteiger partial charge >= 0.3 is 0 Å². The average molecular weight is 349 g/mol. The zero-order valence-electron chi connectivity index (χ0n) is 14.5. The van der Waals surface area contributed by atoms with Gasteiger partial charge in [0, 0.05) is 6.54 Å². The van der Waals surface area contributed by atoms with Crippen LogP contribution in [0.3, 0.4) is 0 Å². The van der Waals surface area contributed by atoms with Crippen LogP contribution in [0.5, 0.6) is 0 Å². The van der Waals surface area contributed by atoms with Crippen molar-refractivity contribution in [1.29, 1.82) is 0 Å². The second-order valence-corrected chi connectivity index (χ2v) is 6.13. The molecule has 3 rings (SSSR count). The van der Waals surface area contributed by atoms with Crippen molar-refractivity contribution in [2.24, 2.45) is 0 Å². The summed E-state index contributed by atoms with van der Waals surface area (Å²) in [6.45, 7) is 2.75. The lowest BCUT2D eigenvalue weighted by atomic mass is 10.1. The largest absolute Gasteiger partial charge is 0.366 e. The number of nitrogens with zero attached hydrogens (tertiary/aromatic N) is 1. The van der Waals surface area contributed by atoms with E-state index in [9.17, 15) is 9.18 Å². The van der Waals surface area contributed by atoms with E-state index in [4.69, 9.17) is 0 Å². The first-order chi connectivity index (χ1) is 12.6. The topological polar surface area (TPSA) is 54.0 Å². The van der Waals surface area contributed by atoms with Gasteiger partial charge < -0.3 is 10.6 Å². The number of carbonyl (C=O) groups is 1. The van der Waals surface area contributed by atoms with E-state index in [-0.39, 0.29) is 18.1 Å². The molecule has 2 aromatic carbocycles. The number of benzene rings is 2. The van der Waals surface area contributed by atoms with Crippen LogP contribution in [0.4, 0.5) is 15.9 Å². The number of aromatic nitrogens is 1. The minimum atomic E-state index is -0.313. The van der Waals surface area contributed by atoms with Crippen LogP contribution in [0.2, 0.25) is 0 Å². The molecule has 0 spiro atoms. The van der Waals surface area contributed by atoms with E-state index in [1.807, 2.05) is 12.1 Å². The fraction of sp³-hybridized carbons (Fsp3) is 0.143. The molecule has 0 atom stereocenters. The second-order valence-electron chi connectivity index (χ2n) is 6.13. The number of nitrogens with one attached hydrogen (secondary N) is 2. The maximum Gasteiger partial charge on any atom is 0.228 e. The molecular formula is C21H20FN3O. The number of pyridine rings is 1. The van der Waals surface area contributed by atoms with Crippen molar-refractivity contribution in [1.82, 2.24) is 4.98 Å². The van der Waals surface area contributed by atoms with Crippen LogP contribution < -0.4 is 10.6 Å². The summed E-state index contributed by atoms with van der Waals surface area (Å²) in [5, 5.41) is 6.05. The molecule has 1 heterocycles. The molecule has 4 nitrogen and oxygen atoms in total. The Balaban J connectivity index is 1.52. The molecule has 132 valence electrons. The third-order valence-corrected chi connectivity index (χ3v) is 3.88. The van der Waals surface area contributed by atoms with Gasteiger partial charge in [-0.3, -0.25) is 4.79 Å². The standard InChI is InChI=1S/C21H20FN3O/c1-15-3-2-4-17(11-15)13-23-20-10-9-19(14-24-20)25-21(26)12-16-5-7-18(22)8-6-16/h2-11,14H,12-13H2,1H3,(H,23,24)(H,25,26). The summed E-state index contributed by atoms with van der Waals surface area (Å²) in [6.07, 6.45) is 1.80. The molecule has 0 bridgehead atoms. The molecule has 5 heteroatoms. The van der Waals surface area contributed by atoms with Gasteiger partial charge in [0.05, 0.1) is 18.3 Å². The first-order valence-electron chi connectivity index (χ1n) is 8.38. The normalized spacial score (nSPS) is 10.4. The number of hydrogen-bond donors (Lipinski definition) is 2. The Kier molecular flexibility index (Phi) is 5.59. The highest BCUT2D eigenvalue weighted by Gasteiger charge is 2.05. The zero-order valence-corrected chi connectivity index (χ0v) is 14.5. The summed E-state index contributed by atoms with van der Waals surface area (Å²) in [5.41, 5.74) is 3.78. The molecule has 0 fully saturated rings. The molecule has 0 radical (unpaired) electrons. The fourth-order valence-electron chi connectivity index (χ4n) is 2.58. The molecule has 0 saturated carbocycles. The Morgan fingerprint density at radius 1 is 1.04 bits per heavy atom. The number of rotatable bonds is 6. The van der Waals surface area contributed by atoms with Gasteiger partial charge in [-0.05, 0) is 42.3 Å². The summed E-state index contributed by atoms with van der Waals surface area (Å²) in [6, 6.07) is 17.8. The first-order valence-corrected chi connectivity index (χ1v) is 8.38. The molecular weight excluding hydrogens is 329 g/mol. The number of carbonyl (C=O) groups excluding carboxylic acids is 1. The van der Waals surface area contributed by atoms with Crippen LogP contribution >= 0.6 is 0 Å². The first kappa shape index (κ1) is 17.6. The number of amides is 1. The molecule has 0 saturated heterocycles. The maximum absolute atomic E-state index is 12.9. The Labute approximate surface area is 152 Å². The Hall–Kier alpha value is -3.21. The van der Waals surface area contributed by atoms with Gasteiger partial charge in [0.15, 0.2) is 0 Å². The smallest absolute Gasteiger partial charge is 0.228 e. The van der Waals surface area contributed by atoms with Gasteiger partial charge in [0.2, 0.25) is 5.91 Å². The highest BCUT2D eigenvalue weighted by atomic mass is 19.1.